The van der Waals surface area contributed by atoms with Crippen molar-refractivity contribution in [1.82, 2.24) is 9.62 Å². The number of hydrogen-bond acceptors (Lipinski definition) is 4. The summed E-state index contributed by atoms with van der Waals surface area (Å²) >= 11 is 1.99. The molecule has 8 heteroatoms. The molecule has 2 fully saturated rings. The number of nitrogens with zero attached hydrogens (tertiary/aromatic N) is 1. The summed E-state index contributed by atoms with van der Waals surface area (Å²) in [6.45, 7) is 2.23. The molecule has 1 N–H and O–H groups in total. The number of nitrogens with one attached hydrogen (secondary N) is 1. The maximum atomic E-state index is 13.7. The van der Waals surface area contributed by atoms with Gasteiger partial charge < -0.3 is 0 Å². The third kappa shape index (κ3) is 4.28. The Bertz CT molecular complexity index is 671. The highest BCUT2D eigenvalue weighted by Crippen LogP contribution is 2.27. The van der Waals surface area contributed by atoms with Crippen LogP contribution in [-0.2, 0) is 10.0 Å². The average Bonchev–Trinajstić information content (AvgIpc) is 3.10. The number of benzene rings is 1. The lowest BCUT2D eigenvalue weighted by molar-refractivity contribution is 0.145. The van der Waals surface area contributed by atoms with E-state index in [2.05, 4.69) is 9.62 Å². The molecular formula is C16H22F2N2O2S2. The highest BCUT2D eigenvalue weighted by molar-refractivity contribution is 7.99. The number of piperidine rings is 1. The maximum absolute atomic E-state index is 13.7. The van der Waals surface area contributed by atoms with Crippen molar-refractivity contribution >= 4 is 21.8 Å². The molecule has 4 nitrogen and oxygen atoms in total. The van der Waals surface area contributed by atoms with Crippen molar-refractivity contribution in [3.05, 3.63) is 29.8 Å². The van der Waals surface area contributed by atoms with Gasteiger partial charge in [-0.1, -0.05) is 0 Å². The van der Waals surface area contributed by atoms with Gasteiger partial charge in [0.25, 0.3) is 0 Å². The second-order valence-electron chi connectivity index (χ2n) is 6.42. The summed E-state index contributed by atoms with van der Waals surface area (Å²) in [5.74, 6) is 0.957. The van der Waals surface area contributed by atoms with Gasteiger partial charge in [-0.15, -0.1) is 0 Å². The van der Waals surface area contributed by atoms with Crippen LogP contribution in [0, 0.1) is 17.6 Å². The second-order valence-corrected chi connectivity index (χ2v) is 9.31. The van der Waals surface area contributed by atoms with Gasteiger partial charge in [-0.05, 0) is 62.2 Å². The van der Waals surface area contributed by atoms with Crippen LogP contribution in [0.5, 0.6) is 0 Å². The first-order valence-corrected chi connectivity index (χ1v) is 10.9. The van der Waals surface area contributed by atoms with Gasteiger partial charge >= 0.3 is 0 Å². The van der Waals surface area contributed by atoms with Crippen molar-refractivity contribution < 1.29 is 17.2 Å². The highest BCUT2D eigenvalue weighted by Gasteiger charge is 2.28. The number of rotatable bonds is 5. The van der Waals surface area contributed by atoms with Crippen molar-refractivity contribution in [2.24, 2.45) is 5.92 Å². The van der Waals surface area contributed by atoms with Crippen LogP contribution in [0.15, 0.2) is 23.1 Å². The van der Waals surface area contributed by atoms with E-state index in [9.17, 15) is 17.2 Å². The van der Waals surface area contributed by atoms with E-state index in [1.54, 1.807) is 0 Å². The molecule has 2 heterocycles. The van der Waals surface area contributed by atoms with Crippen LogP contribution in [0.1, 0.15) is 19.3 Å². The summed E-state index contributed by atoms with van der Waals surface area (Å²) in [5.41, 5.74) is 0. The molecule has 1 atom stereocenters. The summed E-state index contributed by atoms with van der Waals surface area (Å²) in [6.07, 6.45) is 3.09. The van der Waals surface area contributed by atoms with Crippen LogP contribution >= 0.6 is 11.8 Å². The number of thioether (sulfide) groups is 1. The second kappa shape index (κ2) is 7.68. The molecule has 0 aliphatic carbocycles. The Hall–Kier alpha value is -0.700. The monoisotopic (exact) mass is 376 g/mol. The molecule has 0 spiro atoms. The Balaban J connectivity index is 1.53. The van der Waals surface area contributed by atoms with E-state index in [0.717, 1.165) is 44.1 Å². The summed E-state index contributed by atoms with van der Waals surface area (Å²) in [4.78, 5) is 1.87. The molecule has 0 saturated carbocycles. The minimum Gasteiger partial charge on any atom is -0.300 e. The molecule has 0 amide bonds. The van der Waals surface area contributed by atoms with Crippen molar-refractivity contribution in [2.75, 3.05) is 31.1 Å². The molecule has 2 saturated heterocycles. The van der Waals surface area contributed by atoms with Crippen LogP contribution < -0.4 is 4.72 Å². The summed E-state index contributed by atoms with van der Waals surface area (Å²) < 4.78 is 53.7. The average molecular weight is 376 g/mol. The molecule has 0 aromatic heterocycles. The van der Waals surface area contributed by atoms with E-state index in [1.165, 1.54) is 17.9 Å². The normalized spacial score (nSPS) is 23.7. The summed E-state index contributed by atoms with van der Waals surface area (Å²) in [6, 6.07) is 3.12. The van der Waals surface area contributed by atoms with Gasteiger partial charge in [0, 0.05) is 18.3 Å². The van der Waals surface area contributed by atoms with Crippen molar-refractivity contribution in [1.29, 1.82) is 0 Å². The van der Waals surface area contributed by atoms with Crippen molar-refractivity contribution in [3.63, 3.8) is 0 Å². The highest BCUT2D eigenvalue weighted by atomic mass is 32.2. The molecule has 0 bridgehead atoms. The molecule has 1 aromatic rings. The van der Waals surface area contributed by atoms with Gasteiger partial charge in [0.2, 0.25) is 10.0 Å². The smallest absolute Gasteiger partial charge is 0.243 e. The predicted molar refractivity (Wildman–Crippen MR) is 91.6 cm³/mol. The largest absolute Gasteiger partial charge is 0.300 e. The van der Waals surface area contributed by atoms with Crippen LogP contribution in [-0.4, -0.2) is 50.5 Å². The fraction of sp³-hybridized carbons (Fsp3) is 0.625. The minimum atomic E-state index is -4.02. The number of hydrogen-bond donors (Lipinski definition) is 1. The van der Waals surface area contributed by atoms with Gasteiger partial charge in [0.05, 0.1) is 0 Å². The first-order chi connectivity index (χ1) is 11.5. The van der Waals surface area contributed by atoms with E-state index >= 15 is 0 Å². The maximum Gasteiger partial charge on any atom is 0.243 e. The molecule has 1 unspecified atom stereocenters. The zero-order valence-corrected chi connectivity index (χ0v) is 15.0. The molecule has 1 aromatic carbocycles. The van der Waals surface area contributed by atoms with E-state index in [0.29, 0.717) is 6.04 Å². The lowest BCUT2D eigenvalue weighted by Gasteiger charge is -2.35. The lowest BCUT2D eigenvalue weighted by Crippen LogP contribution is -2.43. The zero-order valence-electron chi connectivity index (χ0n) is 13.4. The quantitative estimate of drug-likeness (QED) is 0.858. The van der Waals surface area contributed by atoms with Crippen LogP contribution in [0.3, 0.4) is 0 Å². The molecule has 134 valence electrons. The van der Waals surface area contributed by atoms with Crippen molar-refractivity contribution in [3.8, 4) is 0 Å². The van der Waals surface area contributed by atoms with Crippen molar-refractivity contribution in [2.45, 2.75) is 30.2 Å². The number of sulfonamides is 1. The number of likely N-dealkylation sites (tertiary alicyclic amines) is 1. The third-order valence-corrected chi connectivity index (χ3v) is 7.40. The Morgan fingerprint density at radius 1 is 1.21 bits per heavy atom. The Morgan fingerprint density at radius 3 is 2.62 bits per heavy atom. The van der Waals surface area contributed by atoms with Gasteiger partial charge in [-0.3, -0.25) is 4.90 Å². The van der Waals surface area contributed by atoms with E-state index < -0.39 is 26.6 Å². The number of halogens is 2. The SMILES string of the molecule is O=S(=O)(NCC1CCN(C2CCSC2)CC1)c1cc(F)ccc1F. The minimum absolute atomic E-state index is 0.238. The van der Waals surface area contributed by atoms with Gasteiger partial charge in [0.1, 0.15) is 16.5 Å². The van der Waals surface area contributed by atoms with Crippen LogP contribution in [0.2, 0.25) is 0 Å². The fourth-order valence-electron chi connectivity index (χ4n) is 3.32. The fourth-order valence-corrected chi connectivity index (χ4v) is 5.78. The van der Waals surface area contributed by atoms with E-state index in [-0.39, 0.29) is 12.5 Å². The zero-order chi connectivity index (χ0) is 17.2. The van der Waals surface area contributed by atoms with Crippen LogP contribution in [0.25, 0.3) is 0 Å². The molecule has 2 aliphatic rings. The topological polar surface area (TPSA) is 49.4 Å². The Morgan fingerprint density at radius 2 is 1.96 bits per heavy atom. The molecule has 24 heavy (non-hydrogen) atoms. The first kappa shape index (κ1) is 18.1. The predicted octanol–water partition coefficient (Wildman–Crippen LogP) is 2.46. The Kier molecular flexibility index (Phi) is 5.79. The molecule has 0 radical (unpaired) electrons. The van der Waals surface area contributed by atoms with Crippen LogP contribution in [0.4, 0.5) is 8.78 Å². The van der Waals surface area contributed by atoms with Gasteiger partial charge in [0.15, 0.2) is 0 Å². The molecule has 2 aliphatic heterocycles. The van der Waals surface area contributed by atoms with Gasteiger partial charge in [-0.2, -0.15) is 11.8 Å². The molecular weight excluding hydrogens is 354 g/mol. The van der Waals surface area contributed by atoms with Gasteiger partial charge in [-0.25, -0.2) is 21.9 Å². The lowest BCUT2D eigenvalue weighted by atomic mass is 9.96. The third-order valence-electron chi connectivity index (χ3n) is 4.82. The molecule has 3 rings (SSSR count). The summed E-state index contributed by atoms with van der Waals surface area (Å²) in [7, 11) is -4.02. The summed E-state index contributed by atoms with van der Waals surface area (Å²) in [5, 5.41) is 0. The standard InChI is InChI=1S/C16H22F2N2O2S2/c17-13-1-2-15(18)16(9-13)24(21,22)19-10-12-3-6-20(7-4-12)14-5-8-23-11-14/h1-2,9,12,14,19H,3-8,10-11H2. The first-order valence-electron chi connectivity index (χ1n) is 8.22. The van der Waals surface area contributed by atoms with E-state index in [1.807, 2.05) is 11.8 Å². The Labute approximate surface area is 146 Å². The van der Waals surface area contributed by atoms with E-state index in [4.69, 9.17) is 0 Å².